The normalized spacial score (nSPS) is 24.1. The van der Waals surface area contributed by atoms with E-state index in [1.807, 2.05) is 6.92 Å². The molecule has 1 aliphatic heterocycles. The van der Waals surface area contributed by atoms with E-state index in [4.69, 9.17) is 9.47 Å². The van der Waals surface area contributed by atoms with Crippen LogP contribution in [0.4, 0.5) is 0 Å². The molecule has 0 radical (unpaired) electrons. The Morgan fingerprint density at radius 3 is 2.19 bits per heavy atom. The molecule has 16 heavy (non-hydrogen) atoms. The molecule has 0 aliphatic carbocycles. The number of nitrogens with one attached hydrogen (secondary N) is 1. The van der Waals surface area contributed by atoms with Crippen molar-refractivity contribution in [2.75, 3.05) is 6.79 Å². The van der Waals surface area contributed by atoms with Crippen LogP contribution >= 0.6 is 0 Å². The summed E-state index contributed by atoms with van der Waals surface area (Å²) >= 11 is 0. The van der Waals surface area contributed by atoms with E-state index < -0.39 is 0 Å². The summed E-state index contributed by atoms with van der Waals surface area (Å²) in [6.45, 7) is 14.7. The average molecular weight is 227 g/mol. The smallest absolute Gasteiger partial charge is 0.188 e. The summed E-state index contributed by atoms with van der Waals surface area (Å²) in [6, 6.07) is 0. The van der Waals surface area contributed by atoms with Gasteiger partial charge >= 0.3 is 0 Å². The lowest BCUT2D eigenvalue weighted by atomic mass is 9.81. The van der Waals surface area contributed by atoms with Gasteiger partial charge in [-0.1, -0.05) is 6.58 Å². The van der Waals surface area contributed by atoms with E-state index >= 15 is 0 Å². The van der Waals surface area contributed by atoms with Gasteiger partial charge in [-0.2, -0.15) is 0 Å². The predicted molar refractivity (Wildman–Crippen MR) is 66.2 cm³/mol. The first-order chi connectivity index (χ1) is 7.20. The number of rotatable bonds is 4. The summed E-state index contributed by atoms with van der Waals surface area (Å²) in [4.78, 5) is 0. The molecule has 0 amide bonds. The molecule has 0 unspecified atom stereocenters. The van der Waals surface area contributed by atoms with Crippen molar-refractivity contribution in [3.05, 3.63) is 12.3 Å². The molecule has 0 aromatic heterocycles. The Morgan fingerprint density at radius 1 is 1.25 bits per heavy atom. The van der Waals surface area contributed by atoms with Gasteiger partial charge in [0.2, 0.25) is 0 Å². The van der Waals surface area contributed by atoms with Gasteiger partial charge in [0.25, 0.3) is 0 Å². The van der Waals surface area contributed by atoms with E-state index in [1.165, 1.54) is 0 Å². The van der Waals surface area contributed by atoms with Crippen molar-refractivity contribution in [1.29, 1.82) is 0 Å². The van der Waals surface area contributed by atoms with Gasteiger partial charge in [-0.05, 0) is 47.5 Å². The van der Waals surface area contributed by atoms with Gasteiger partial charge in [0, 0.05) is 11.1 Å². The van der Waals surface area contributed by atoms with Gasteiger partial charge in [0.1, 0.15) is 0 Å². The number of ether oxygens (including phenoxy) is 2. The van der Waals surface area contributed by atoms with Crippen molar-refractivity contribution >= 4 is 0 Å². The minimum atomic E-state index is 0.121. The summed E-state index contributed by atoms with van der Waals surface area (Å²) < 4.78 is 11.0. The minimum Gasteiger partial charge on any atom is -0.473 e. The van der Waals surface area contributed by atoms with Gasteiger partial charge in [0.15, 0.2) is 6.79 Å². The van der Waals surface area contributed by atoms with Crippen LogP contribution in [0, 0.1) is 0 Å². The van der Waals surface area contributed by atoms with Crippen molar-refractivity contribution < 1.29 is 9.47 Å². The van der Waals surface area contributed by atoms with Crippen LogP contribution < -0.4 is 5.32 Å². The van der Waals surface area contributed by atoms with E-state index in [0.29, 0.717) is 12.6 Å². The van der Waals surface area contributed by atoms with Gasteiger partial charge < -0.3 is 14.8 Å². The molecule has 0 saturated carbocycles. The van der Waals surface area contributed by atoms with Crippen LogP contribution in [0.2, 0.25) is 0 Å². The molecule has 0 bridgehead atoms. The molecule has 1 fully saturated rings. The Hall–Kier alpha value is -0.540. The van der Waals surface area contributed by atoms with Crippen molar-refractivity contribution in [2.45, 2.75) is 64.6 Å². The van der Waals surface area contributed by atoms with Crippen LogP contribution in [-0.2, 0) is 9.47 Å². The van der Waals surface area contributed by atoms with E-state index in [1.54, 1.807) is 0 Å². The zero-order chi connectivity index (χ0) is 12.4. The van der Waals surface area contributed by atoms with E-state index in [0.717, 1.165) is 12.8 Å². The highest BCUT2D eigenvalue weighted by atomic mass is 16.7. The van der Waals surface area contributed by atoms with Crippen LogP contribution in [0.5, 0.6) is 0 Å². The summed E-state index contributed by atoms with van der Waals surface area (Å²) in [7, 11) is 0. The predicted octanol–water partition coefficient (Wildman–Crippen LogP) is 2.82. The standard InChI is InChI=1S/C13H25NO2/c1-10(2)15-9-16-11-7-12(3,4)14-13(5,6)8-11/h11,14H,1,7-9H2,2-6H3. The molecule has 3 heteroatoms. The second kappa shape index (κ2) is 4.76. The highest BCUT2D eigenvalue weighted by molar-refractivity contribution is 4.97. The second-order valence-corrected chi connectivity index (χ2v) is 6.05. The minimum absolute atomic E-state index is 0.121. The van der Waals surface area contributed by atoms with Gasteiger partial charge in [-0.15, -0.1) is 0 Å². The van der Waals surface area contributed by atoms with Crippen molar-refractivity contribution in [1.82, 2.24) is 5.32 Å². The first-order valence-electron chi connectivity index (χ1n) is 5.89. The van der Waals surface area contributed by atoms with E-state index in [2.05, 4.69) is 39.6 Å². The summed E-state index contributed by atoms with van der Waals surface area (Å²) in [5, 5.41) is 3.62. The lowest BCUT2D eigenvalue weighted by Gasteiger charge is -2.46. The van der Waals surface area contributed by atoms with Crippen LogP contribution in [0.1, 0.15) is 47.5 Å². The third-order valence-corrected chi connectivity index (χ3v) is 2.76. The fourth-order valence-corrected chi connectivity index (χ4v) is 2.58. The molecule has 0 aromatic rings. The van der Waals surface area contributed by atoms with E-state index in [9.17, 15) is 0 Å². The molecule has 1 saturated heterocycles. The largest absolute Gasteiger partial charge is 0.473 e. The number of hydrogen-bond acceptors (Lipinski definition) is 3. The van der Waals surface area contributed by atoms with E-state index in [-0.39, 0.29) is 17.2 Å². The van der Waals surface area contributed by atoms with Crippen LogP contribution in [0.15, 0.2) is 12.3 Å². The molecule has 0 aromatic carbocycles. The molecule has 3 nitrogen and oxygen atoms in total. The fourth-order valence-electron chi connectivity index (χ4n) is 2.58. The summed E-state index contributed by atoms with van der Waals surface area (Å²) in [5.74, 6) is 0.701. The molecule has 0 spiro atoms. The first kappa shape index (κ1) is 13.5. The second-order valence-electron chi connectivity index (χ2n) is 6.05. The maximum absolute atomic E-state index is 5.74. The first-order valence-corrected chi connectivity index (χ1v) is 5.89. The Bertz CT molecular complexity index is 243. The maximum Gasteiger partial charge on any atom is 0.188 e. The van der Waals surface area contributed by atoms with Gasteiger partial charge in [-0.3, -0.25) is 0 Å². The fraction of sp³-hybridized carbons (Fsp3) is 0.846. The Balaban J connectivity index is 2.45. The molecule has 1 aliphatic rings. The average Bonchev–Trinajstić information content (AvgIpc) is 1.96. The third kappa shape index (κ3) is 4.54. The van der Waals surface area contributed by atoms with Crippen LogP contribution in [0.25, 0.3) is 0 Å². The van der Waals surface area contributed by atoms with Crippen molar-refractivity contribution in [2.24, 2.45) is 0 Å². The monoisotopic (exact) mass is 227 g/mol. The van der Waals surface area contributed by atoms with Crippen LogP contribution in [-0.4, -0.2) is 24.0 Å². The lowest BCUT2D eigenvalue weighted by molar-refractivity contribution is -0.0973. The SMILES string of the molecule is C=C(C)OCOC1CC(C)(C)NC(C)(C)C1. The van der Waals surface area contributed by atoms with Crippen molar-refractivity contribution in [3.8, 4) is 0 Å². The molecular weight excluding hydrogens is 202 g/mol. The molecular formula is C13H25NO2. The van der Waals surface area contributed by atoms with Gasteiger partial charge in [0.05, 0.1) is 11.9 Å². The third-order valence-electron chi connectivity index (χ3n) is 2.76. The number of hydrogen-bond donors (Lipinski definition) is 1. The Kier molecular flexibility index (Phi) is 4.02. The topological polar surface area (TPSA) is 30.5 Å². The summed E-state index contributed by atoms with van der Waals surface area (Å²) in [6.07, 6.45) is 2.27. The zero-order valence-electron chi connectivity index (χ0n) is 11.2. The van der Waals surface area contributed by atoms with Crippen LogP contribution in [0.3, 0.4) is 0 Å². The lowest BCUT2D eigenvalue weighted by Crippen LogP contribution is -2.59. The highest BCUT2D eigenvalue weighted by Gasteiger charge is 2.38. The number of allylic oxidation sites excluding steroid dienone is 1. The zero-order valence-corrected chi connectivity index (χ0v) is 11.2. The molecule has 1 N–H and O–H groups in total. The molecule has 1 rings (SSSR count). The van der Waals surface area contributed by atoms with Gasteiger partial charge in [-0.25, -0.2) is 0 Å². The highest BCUT2D eigenvalue weighted by Crippen LogP contribution is 2.30. The molecule has 94 valence electrons. The van der Waals surface area contributed by atoms with Crippen molar-refractivity contribution in [3.63, 3.8) is 0 Å². The Labute approximate surface area is 99.2 Å². The Morgan fingerprint density at radius 2 is 1.75 bits per heavy atom. The molecule has 0 atom stereocenters. The summed E-state index contributed by atoms with van der Waals surface area (Å²) in [5.41, 5.74) is 0.241. The maximum atomic E-state index is 5.74. The quantitative estimate of drug-likeness (QED) is 0.592. The molecule has 1 heterocycles. The number of piperidine rings is 1.